The van der Waals surface area contributed by atoms with Gasteiger partial charge in [-0.05, 0) is 42.5 Å². The van der Waals surface area contributed by atoms with Crippen molar-refractivity contribution in [3.63, 3.8) is 0 Å². The third kappa shape index (κ3) is 5.69. The van der Waals surface area contributed by atoms with Gasteiger partial charge in [-0.15, -0.1) is 0 Å². The van der Waals surface area contributed by atoms with Gasteiger partial charge in [0.25, 0.3) is 0 Å². The summed E-state index contributed by atoms with van der Waals surface area (Å²) in [7, 11) is 0. The zero-order chi connectivity index (χ0) is 12.9. The first-order valence-corrected chi connectivity index (χ1v) is 7.20. The Balaban J connectivity index is 2.51. The van der Waals surface area contributed by atoms with Gasteiger partial charge in [0, 0.05) is 10.5 Å². The number of halogens is 1. The molecule has 0 radical (unpaired) electrons. The van der Waals surface area contributed by atoms with Crippen LogP contribution >= 0.6 is 15.9 Å². The normalized spacial score (nSPS) is 13.7. The summed E-state index contributed by atoms with van der Waals surface area (Å²) in [5, 5.41) is 3.65. The van der Waals surface area contributed by atoms with Gasteiger partial charge >= 0.3 is 0 Å². The Morgan fingerprint density at radius 2 is 1.76 bits per heavy atom. The highest BCUT2D eigenvalue weighted by Crippen LogP contribution is 2.21. The first kappa shape index (κ1) is 14.7. The molecule has 1 aromatic rings. The Kier molecular flexibility index (Phi) is 5.68. The van der Waals surface area contributed by atoms with E-state index < -0.39 is 0 Å². The predicted molar refractivity (Wildman–Crippen MR) is 79.2 cm³/mol. The van der Waals surface area contributed by atoms with Gasteiger partial charge in [-0.2, -0.15) is 0 Å². The maximum Gasteiger partial charge on any atom is 0.0317 e. The van der Waals surface area contributed by atoms with Crippen molar-refractivity contribution in [2.45, 2.75) is 46.6 Å². The van der Waals surface area contributed by atoms with E-state index in [1.54, 1.807) is 0 Å². The second kappa shape index (κ2) is 6.55. The Morgan fingerprint density at radius 3 is 2.24 bits per heavy atom. The smallest absolute Gasteiger partial charge is 0.0317 e. The molecule has 0 fully saturated rings. The standard InChI is InChI=1S/C15H24BrN/c1-5-14(17-11-10-15(2,3)4)12-6-8-13(16)9-7-12/h6-9,14,17H,5,10-11H2,1-4H3. The third-order valence-electron chi connectivity index (χ3n) is 2.95. The maximum absolute atomic E-state index is 3.65. The highest BCUT2D eigenvalue weighted by molar-refractivity contribution is 9.10. The summed E-state index contributed by atoms with van der Waals surface area (Å²) >= 11 is 3.47. The molecule has 2 heteroatoms. The lowest BCUT2D eigenvalue weighted by Gasteiger charge is -2.22. The van der Waals surface area contributed by atoms with E-state index in [0.29, 0.717) is 11.5 Å². The van der Waals surface area contributed by atoms with Crippen LogP contribution in [-0.4, -0.2) is 6.54 Å². The van der Waals surface area contributed by atoms with Gasteiger partial charge in [-0.3, -0.25) is 0 Å². The molecule has 0 aromatic heterocycles. The molecule has 0 saturated carbocycles. The zero-order valence-corrected chi connectivity index (χ0v) is 13.0. The van der Waals surface area contributed by atoms with E-state index >= 15 is 0 Å². The van der Waals surface area contributed by atoms with Gasteiger partial charge in [-0.25, -0.2) is 0 Å². The molecular weight excluding hydrogens is 274 g/mol. The van der Waals surface area contributed by atoms with Crippen molar-refractivity contribution in [3.8, 4) is 0 Å². The lowest BCUT2D eigenvalue weighted by atomic mass is 9.92. The molecule has 1 rings (SSSR count). The van der Waals surface area contributed by atoms with Gasteiger partial charge in [-0.1, -0.05) is 55.8 Å². The number of nitrogens with one attached hydrogen (secondary N) is 1. The number of benzene rings is 1. The molecule has 0 bridgehead atoms. The van der Waals surface area contributed by atoms with Crippen LogP contribution in [0.15, 0.2) is 28.7 Å². The average molecular weight is 298 g/mol. The lowest BCUT2D eigenvalue weighted by molar-refractivity contribution is 0.352. The van der Waals surface area contributed by atoms with Gasteiger partial charge in [0.2, 0.25) is 0 Å². The fourth-order valence-electron chi connectivity index (χ4n) is 1.81. The van der Waals surface area contributed by atoms with E-state index in [0.717, 1.165) is 17.4 Å². The lowest BCUT2D eigenvalue weighted by Crippen LogP contribution is -2.25. The van der Waals surface area contributed by atoms with Crippen LogP contribution in [0.3, 0.4) is 0 Å². The van der Waals surface area contributed by atoms with Gasteiger partial charge in [0.05, 0.1) is 0 Å². The molecule has 0 aliphatic heterocycles. The van der Waals surface area contributed by atoms with Crippen LogP contribution in [0.4, 0.5) is 0 Å². The molecule has 0 heterocycles. The molecule has 17 heavy (non-hydrogen) atoms. The average Bonchev–Trinajstić information content (AvgIpc) is 2.24. The van der Waals surface area contributed by atoms with Gasteiger partial charge in [0.15, 0.2) is 0 Å². The minimum absolute atomic E-state index is 0.408. The van der Waals surface area contributed by atoms with Crippen molar-refractivity contribution in [1.82, 2.24) is 5.32 Å². The Labute approximate surface area is 114 Å². The van der Waals surface area contributed by atoms with Crippen LogP contribution in [0.5, 0.6) is 0 Å². The van der Waals surface area contributed by atoms with Crippen molar-refractivity contribution in [2.24, 2.45) is 5.41 Å². The van der Waals surface area contributed by atoms with E-state index in [2.05, 4.69) is 73.2 Å². The van der Waals surface area contributed by atoms with Crippen LogP contribution in [-0.2, 0) is 0 Å². The first-order chi connectivity index (χ1) is 7.92. The molecule has 1 atom stereocenters. The van der Waals surface area contributed by atoms with Gasteiger partial charge < -0.3 is 5.32 Å². The summed E-state index contributed by atoms with van der Waals surface area (Å²) < 4.78 is 1.14. The van der Waals surface area contributed by atoms with E-state index in [9.17, 15) is 0 Å². The highest BCUT2D eigenvalue weighted by Gasteiger charge is 2.12. The zero-order valence-electron chi connectivity index (χ0n) is 11.4. The van der Waals surface area contributed by atoms with Crippen molar-refractivity contribution in [2.75, 3.05) is 6.54 Å². The molecule has 0 saturated heterocycles. The molecule has 1 N–H and O–H groups in total. The summed E-state index contributed by atoms with van der Waals surface area (Å²) in [6, 6.07) is 9.10. The fraction of sp³-hybridized carbons (Fsp3) is 0.600. The topological polar surface area (TPSA) is 12.0 Å². The van der Waals surface area contributed by atoms with Crippen LogP contribution in [0.2, 0.25) is 0 Å². The van der Waals surface area contributed by atoms with Crippen molar-refractivity contribution >= 4 is 15.9 Å². The molecule has 1 nitrogen and oxygen atoms in total. The van der Waals surface area contributed by atoms with Crippen LogP contribution < -0.4 is 5.32 Å². The fourth-order valence-corrected chi connectivity index (χ4v) is 2.08. The summed E-state index contributed by atoms with van der Waals surface area (Å²) in [4.78, 5) is 0. The van der Waals surface area contributed by atoms with E-state index in [1.165, 1.54) is 12.0 Å². The largest absolute Gasteiger partial charge is 0.310 e. The van der Waals surface area contributed by atoms with E-state index in [1.807, 2.05) is 0 Å². The molecule has 0 aliphatic rings. The van der Waals surface area contributed by atoms with Crippen LogP contribution in [0, 0.1) is 5.41 Å². The van der Waals surface area contributed by atoms with Crippen LogP contribution in [0.1, 0.15) is 52.1 Å². The third-order valence-corrected chi connectivity index (χ3v) is 3.48. The second-order valence-electron chi connectivity index (χ2n) is 5.78. The predicted octanol–water partition coefficient (Wildman–Crippen LogP) is 4.93. The summed E-state index contributed by atoms with van der Waals surface area (Å²) in [6.07, 6.45) is 2.34. The summed E-state index contributed by atoms with van der Waals surface area (Å²) in [6.45, 7) is 10.2. The monoisotopic (exact) mass is 297 g/mol. The SMILES string of the molecule is CCC(NCCC(C)(C)C)c1ccc(Br)cc1. The highest BCUT2D eigenvalue weighted by atomic mass is 79.9. The number of rotatable bonds is 5. The summed E-state index contributed by atoms with van der Waals surface area (Å²) in [5.74, 6) is 0. The van der Waals surface area contributed by atoms with Crippen molar-refractivity contribution in [3.05, 3.63) is 34.3 Å². The Hall–Kier alpha value is -0.340. The summed E-state index contributed by atoms with van der Waals surface area (Å²) in [5.41, 5.74) is 1.79. The number of hydrogen-bond acceptors (Lipinski definition) is 1. The Morgan fingerprint density at radius 1 is 1.18 bits per heavy atom. The minimum atomic E-state index is 0.408. The molecule has 0 spiro atoms. The molecule has 1 unspecified atom stereocenters. The molecule has 1 aromatic carbocycles. The second-order valence-corrected chi connectivity index (χ2v) is 6.69. The molecular formula is C15H24BrN. The maximum atomic E-state index is 3.65. The molecule has 0 aliphatic carbocycles. The number of hydrogen-bond donors (Lipinski definition) is 1. The van der Waals surface area contributed by atoms with E-state index in [-0.39, 0.29) is 0 Å². The van der Waals surface area contributed by atoms with Crippen LogP contribution in [0.25, 0.3) is 0 Å². The quantitative estimate of drug-likeness (QED) is 0.813. The molecule has 96 valence electrons. The van der Waals surface area contributed by atoms with Crippen molar-refractivity contribution < 1.29 is 0 Å². The van der Waals surface area contributed by atoms with E-state index in [4.69, 9.17) is 0 Å². The van der Waals surface area contributed by atoms with Gasteiger partial charge in [0.1, 0.15) is 0 Å². The van der Waals surface area contributed by atoms with Crippen molar-refractivity contribution in [1.29, 1.82) is 0 Å². The molecule has 0 amide bonds. The first-order valence-electron chi connectivity index (χ1n) is 6.41. The minimum Gasteiger partial charge on any atom is -0.310 e. The Bertz CT molecular complexity index is 324.